The van der Waals surface area contributed by atoms with Gasteiger partial charge in [-0.1, -0.05) is 30.3 Å². The number of Topliss-reactive ketones (excluding diaryl/α,β-unsaturated/α-hetero) is 1. The molecule has 1 unspecified atom stereocenters. The summed E-state index contributed by atoms with van der Waals surface area (Å²) < 4.78 is 16.0. The Labute approximate surface area is 172 Å². The first kappa shape index (κ1) is 22.9. The second-order valence-electron chi connectivity index (χ2n) is 8.19. The molecule has 160 valence electrons. The average Bonchev–Trinajstić information content (AvgIpc) is 2.66. The third-order valence-electron chi connectivity index (χ3n) is 4.51. The summed E-state index contributed by atoms with van der Waals surface area (Å²) in [5.41, 5.74) is 0.440. The summed E-state index contributed by atoms with van der Waals surface area (Å²) in [4.78, 5) is 36.2. The number of nitrogens with one attached hydrogen (secondary N) is 1. The Morgan fingerprint density at radius 2 is 1.86 bits per heavy atom. The molecule has 0 spiro atoms. The molecule has 1 fully saturated rings. The number of ketones is 1. The summed E-state index contributed by atoms with van der Waals surface area (Å²) in [6, 6.07) is 9.85. The molecule has 1 aliphatic rings. The van der Waals surface area contributed by atoms with Gasteiger partial charge in [-0.3, -0.25) is 9.59 Å². The van der Waals surface area contributed by atoms with Crippen LogP contribution in [0.5, 0.6) is 0 Å². The smallest absolute Gasteiger partial charge is 0.408 e. The van der Waals surface area contributed by atoms with Gasteiger partial charge in [-0.05, 0) is 52.0 Å². The van der Waals surface area contributed by atoms with Crippen LogP contribution in [-0.2, 0) is 30.4 Å². The van der Waals surface area contributed by atoms with E-state index in [1.54, 1.807) is 20.8 Å². The van der Waals surface area contributed by atoms with Crippen LogP contribution in [0.4, 0.5) is 4.79 Å². The Morgan fingerprint density at radius 3 is 2.55 bits per heavy atom. The van der Waals surface area contributed by atoms with E-state index in [9.17, 15) is 14.4 Å². The molecular weight excluding hydrogens is 374 g/mol. The molecular formula is C22H31NO6. The number of alkyl carbamates (subject to hydrolysis) is 1. The Morgan fingerprint density at radius 1 is 1.14 bits per heavy atom. The Kier molecular flexibility index (Phi) is 8.64. The van der Waals surface area contributed by atoms with Gasteiger partial charge < -0.3 is 19.5 Å². The maximum atomic E-state index is 12.6. The van der Waals surface area contributed by atoms with Gasteiger partial charge in [0.05, 0.1) is 6.61 Å². The number of hydrogen-bond donors (Lipinski definition) is 1. The maximum absolute atomic E-state index is 12.6. The van der Waals surface area contributed by atoms with Crippen molar-refractivity contribution in [1.82, 2.24) is 5.32 Å². The van der Waals surface area contributed by atoms with Crippen LogP contribution in [0.1, 0.15) is 52.0 Å². The highest BCUT2D eigenvalue weighted by molar-refractivity contribution is 5.88. The van der Waals surface area contributed by atoms with Crippen LogP contribution < -0.4 is 5.32 Å². The number of ether oxygens (including phenoxy) is 3. The lowest BCUT2D eigenvalue weighted by molar-refractivity contribution is -0.158. The summed E-state index contributed by atoms with van der Waals surface area (Å²) in [5, 5.41) is 2.35. The molecule has 2 rings (SSSR count). The zero-order chi connectivity index (χ0) is 21.3. The topological polar surface area (TPSA) is 90.9 Å². The Hall–Kier alpha value is -2.41. The van der Waals surface area contributed by atoms with Gasteiger partial charge in [0.25, 0.3) is 0 Å². The number of carbonyl (C=O) groups is 3. The predicted octanol–water partition coefficient (Wildman–Crippen LogP) is 3.40. The number of hydrogen-bond acceptors (Lipinski definition) is 6. The fourth-order valence-corrected chi connectivity index (χ4v) is 3.15. The monoisotopic (exact) mass is 405 g/mol. The molecule has 0 heterocycles. The van der Waals surface area contributed by atoms with Crippen molar-refractivity contribution in [2.75, 3.05) is 13.2 Å². The fourth-order valence-electron chi connectivity index (χ4n) is 3.15. The molecule has 0 radical (unpaired) electrons. The van der Waals surface area contributed by atoms with Crippen molar-refractivity contribution >= 4 is 17.8 Å². The van der Waals surface area contributed by atoms with Gasteiger partial charge in [-0.2, -0.15) is 0 Å². The maximum Gasteiger partial charge on any atom is 0.408 e. The van der Waals surface area contributed by atoms with Gasteiger partial charge in [0, 0.05) is 12.5 Å². The quantitative estimate of drug-likeness (QED) is 0.527. The van der Waals surface area contributed by atoms with E-state index in [-0.39, 0.29) is 18.2 Å². The molecule has 0 bridgehead atoms. The van der Waals surface area contributed by atoms with Gasteiger partial charge >= 0.3 is 12.1 Å². The minimum Gasteiger partial charge on any atom is -0.453 e. The van der Waals surface area contributed by atoms with Crippen molar-refractivity contribution in [3.63, 3.8) is 0 Å². The van der Waals surface area contributed by atoms with E-state index >= 15 is 0 Å². The molecule has 1 amide bonds. The van der Waals surface area contributed by atoms with Gasteiger partial charge in [0.2, 0.25) is 0 Å². The molecule has 0 aliphatic heterocycles. The molecule has 1 aromatic rings. The van der Waals surface area contributed by atoms with Gasteiger partial charge in [0.1, 0.15) is 12.1 Å². The van der Waals surface area contributed by atoms with E-state index < -0.39 is 23.8 Å². The van der Waals surface area contributed by atoms with Crippen LogP contribution in [0.3, 0.4) is 0 Å². The summed E-state index contributed by atoms with van der Waals surface area (Å²) >= 11 is 0. The molecule has 1 aliphatic carbocycles. The van der Waals surface area contributed by atoms with Crippen LogP contribution in [0.25, 0.3) is 0 Å². The first-order valence-electron chi connectivity index (χ1n) is 10.1. The fraction of sp³-hybridized carbons (Fsp3) is 0.591. The lowest BCUT2D eigenvalue weighted by Gasteiger charge is -2.27. The van der Waals surface area contributed by atoms with Gasteiger partial charge in [-0.15, -0.1) is 0 Å². The van der Waals surface area contributed by atoms with Crippen LogP contribution in [-0.4, -0.2) is 42.7 Å². The molecule has 7 nitrogen and oxygen atoms in total. The van der Waals surface area contributed by atoms with Crippen LogP contribution in [0.15, 0.2) is 30.3 Å². The molecule has 0 saturated heterocycles. The third-order valence-corrected chi connectivity index (χ3v) is 4.51. The third kappa shape index (κ3) is 8.64. The standard InChI is InChI=1S/C22H31NO6/c1-22(2,3)29-21(26)23-14-19(24)28-18-11-7-10-17(20(18)25)12-13-27-15-16-8-5-4-6-9-16/h4-6,8-9,17-18H,7,10-15H2,1-3H3,(H,23,26)/t17?,18-/m1/s1. The number of esters is 1. The lowest BCUT2D eigenvalue weighted by Crippen LogP contribution is -2.40. The van der Waals surface area contributed by atoms with E-state index in [2.05, 4.69) is 5.32 Å². The van der Waals surface area contributed by atoms with Crippen molar-refractivity contribution in [2.45, 2.75) is 64.8 Å². The molecule has 29 heavy (non-hydrogen) atoms. The van der Waals surface area contributed by atoms with Crippen molar-refractivity contribution in [1.29, 1.82) is 0 Å². The van der Waals surface area contributed by atoms with E-state index in [4.69, 9.17) is 14.2 Å². The molecule has 1 saturated carbocycles. The largest absolute Gasteiger partial charge is 0.453 e. The van der Waals surface area contributed by atoms with Crippen LogP contribution >= 0.6 is 0 Å². The highest BCUT2D eigenvalue weighted by atomic mass is 16.6. The second-order valence-corrected chi connectivity index (χ2v) is 8.19. The zero-order valence-electron chi connectivity index (χ0n) is 17.4. The highest BCUT2D eigenvalue weighted by Gasteiger charge is 2.33. The zero-order valence-corrected chi connectivity index (χ0v) is 17.4. The highest BCUT2D eigenvalue weighted by Crippen LogP contribution is 2.26. The summed E-state index contributed by atoms with van der Waals surface area (Å²) in [5.74, 6) is -0.878. The van der Waals surface area contributed by atoms with Crippen LogP contribution in [0.2, 0.25) is 0 Å². The van der Waals surface area contributed by atoms with Gasteiger partial charge in [-0.25, -0.2) is 4.79 Å². The Bertz CT molecular complexity index is 682. The van der Waals surface area contributed by atoms with E-state index in [1.165, 1.54) is 0 Å². The number of carbonyl (C=O) groups excluding carboxylic acids is 3. The molecule has 1 N–H and O–H groups in total. The summed E-state index contributed by atoms with van der Waals surface area (Å²) in [6.07, 6.45) is 1.26. The van der Waals surface area contributed by atoms with Gasteiger partial charge in [0.15, 0.2) is 11.9 Å². The minimum atomic E-state index is -0.754. The molecule has 7 heteroatoms. The normalized spacial score (nSPS) is 19.5. The van der Waals surface area contributed by atoms with Crippen LogP contribution in [0, 0.1) is 5.92 Å². The number of benzene rings is 1. The molecule has 1 aromatic carbocycles. The second kappa shape index (κ2) is 11.0. The van der Waals surface area contributed by atoms with Crippen molar-refractivity contribution in [3.8, 4) is 0 Å². The van der Waals surface area contributed by atoms with E-state index in [0.29, 0.717) is 26.1 Å². The summed E-state index contributed by atoms with van der Waals surface area (Å²) in [6.45, 7) is 5.85. The van der Waals surface area contributed by atoms with E-state index in [0.717, 1.165) is 18.4 Å². The molecule has 0 aromatic heterocycles. The average molecular weight is 405 g/mol. The SMILES string of the molecule is CC(C)(C)OC(=O)NCC(=O)O[C@@H]1CCCC(CCOCc2ccccc2)C1=O. The minimum absolute atomic E-state index is 0.0646. The van der Waals surface area contributed by atoms with Crippen molar-refractivity contribution in [3.05, 3.63) is 35.9 Å². The van der Waals surface area contributed by atoms with Crippen molar-refractivity contribution in [2.24, 2.45) is 5.92 Å². The number of amides is 1. The molecule has 2 atom stereocenters. The first-order chi connectivity index (χ1) is 13.7. The van der Waals surface area contributed by atoms with Crippen molar-refractivity contribution < 1.29 is 28.6 Å². The summed E-state index contributed by atoms with van der Waals surface area (Å²) in [7, 11) is 0. The lowest BCUT2D eigenvalue weighted by atomic mass is 9.84. The van der Waals surface area contributed by atoms with E-state index in [1.807, 2.05) is 30.3 Å². The Balaban J connectivity index is 1.69. The number of rotatable bonds is 8. The predicted molar refractivity (Wildman–Crippen MR) is 107 cm³/mol. The first-order valence-corrected chi connectivity index (χ1v) is 10.1.